The standard InChI is InChI=1S/C60H40N2/c1-5-21-41(22-6-1)55-56(42-23-7-2-8-24-42)58(44-27-11-4-12-28-44)60-59(57(55)43-25-9-3-10-26-43)51-35-15-18-38-54(51)62(60)48-32-20-30-46(40-48)45-29-19-31-47(39-45)61-52-36-16-13-33-49(52)50-34-14-17-37-53(50)61/h1-40H. The van der Waals surface area contributed by atoms with Crippen LogP contribution >= 0.6 is 0 Å². The van der Waals surface area contributed by atoms with Crippen LogP contribution in [0.25, 0.3) is 111 Å². The third-order valence-electron chi connectivity index (χ3n) is 12.5. The van der Waals surface area contributed by atoms with Gasteiger partial charge in [0.25, 0.3) is 0 Å². The van der Waals surface area contributed by atoms with Crippen molar-refractivity contribution >= 4 is 43.6 Å². The fourth-order valence-corrected chi connectivity index (χ4v) is 9.91. The summed E-state index contributed by atoms with van der Waals surface area (Å²) in [6.45, 7) is 0. The summed E-state index contributed by atoms with van der Waals surface area (Å²) < 4.78 is 4.93. The molecule has 0 aliphatic heterocycles. The Morgan fingerprint density at radius 2 is 0.565 bits per heavy atom. The minimum Gasteiger partial charge on any atom is -0.309 e. The van der Waals surface area contributed by atoms with Crippen molar-refractivity contribution in [2.75, 3.05) is 0 Å². The Kier molecular flexibility index (Phi) is 8.53. The van der Waals surface area contributed by atoms with Crippen LogP contribution in [-0.4, -0.2) is 9.13 Å². The van der Waals surface area contributed by atoms with Crippen molar-refractivity contribution in [3.8, 4) is 67.0 Å². The Morgan fingerprint density at radius 3 is 1.05 bits per heavy atom. The highest BCUT2D eigenvalue weighted by molar-refractivity contribution is 6.26. The highest BCUT2D eigenvalue weighted by atomic mass is 15.0. The lowest BCUT2D eigenvalue weighted by Crippen LogP contribution is -2.01. The van der Waals surface area contributed by atoms with Gasteiger partial charge in [-0.3, -0.25) is 0 Å². The average molecular weight is 789 g/mol. The number of fused-ring (bicyclic) bond motifs is 6. The Morgan fingerprint density at radius 1 is 0.226 bits per heavy atom. The zero-order chi connectivity index (χ0) is 41.0. The molecule has 0 amide bonds. The van der Waals surface area contributed by atoms with Crippen LogP contribution in [0, 0.1) is 0 Å². The maximum atomic E-state index is 2.53. The minimum absolute atomic E-state index is 1.11. The number of nitrogens with zero attached hydrogens (tertiary/aromatic N) is 2. The molecule has 0 N–H and O–H groups in total. The zero-order valence-corrected chi connectivity index (χ0v) is 34.0. The van der Waals surface area contributed by atoms with Gasteiger partial charge in [-0.1, -0.05) is 200 Å². The first kappa shape index (κ1) is 35.7. The van der Waals surface area contributed by atoms with Gasteiger partial charge in [0.15, 0.2) is 0 Å². The molecule has 0 radical (unpaired) electrons. The van der Waals surface area contributed by atoms with Gasteiger partial charge in [-0.2, -0.15) is 0 Å². The Bertz CT molecular complexity index is 3550. The van der Waals surface area contributed by atoms with E-state index in [0.717, 1.165) is 28.0 Å². The first-order valence-corrected chi connectivity index (χ1v) is 21.4. The van der Waals surface area contributed by atoms with Crippen LogP contribution in [-0.2, 0) is 0 Å². The van der Waals surface area contributed by atoms with E-state index >= 15 is 0 Å². The summed E-state index contributed by atoms with van der Waals surface area (Å²) in [5, 5.41) is 4.98. The van der Waals surface area contributed by atoms with E-state index in [-0.39, 0.29) is 0 Å². The number of aromatic nitrogens is 2. The maximum Gasteiger partial charge on any atom is 0.0632 e. The molecular formula is C60H40N2. The zero-order valence-electron chi connectivity index (χ0n) is 34.0. The lowest BCUT2D eigenvalue weighted by atomic mass is 9.80. The van der Waals surface area contributed by atoms with E-state index in [9.17, 15) is 0 Å². The van der Waals surface area contributed by atoms with Crippen molar-refractivity contribution in [3.05, 3.63) is 243 Å². The van der Waals surface area contributed by atoms with E-state index in [1.165, 1.54) is 82.6 Å². The fraction of sp³-hybridized carbons (Fsp3) is 0. The fourth-order valence-electron chi connectivity index (χ4n) is 9.91. The van der Waals surface area contributed by atoms with Gasteiger partial charge in [-0.15, -0.1) is 0 Å². The number of hydrogen-bond donors (Lipinski definition) is 0. The molecule has 0 fully saturated rings. The second-order valence-electron chi connectivity index (χ2n) is 16.0. The molecule has 0 aliphatic carbocycles. The smallest absolute Gasteiger partial charge is 0.0632 e. The number of para-hydroxylation sites is 3. The summed E-state index contributed by atoms with van der Waals surface area (Å²) in [6, 6.07) is 88.5. The lowest BCUT2D eigenvalue weighted by molar-refractivity contribution is 1.17. The van der Waals surface area contributed by atoms with Crippen molar-refractivity contribution in [2.24, 2.45) is 0 Å². The molecule has 0 aliphatic rings. The van der Waals surface area contributed by atoms with Gasteiger partial charge in [0.05, 0.1) is 22.1 Å². The second-order valence-corrected chi connectivity index (χ2v) is 16.0. The van der Waals surface area contributed by atoms with Crippen LogP contribution in [0.2, 0.25) is 0 Å². The van der Waals surface area contributed by atoms with Gasteiger partial charge in [0.1, 0.15) is 0 Å². The summed E-state index contributed by atoms with van der Waals surface area (Å²) in [5.41, 5.74) is 18.9. The van der Waals surface area contributed by atoms with Gasteiger partial charge in [0.2, 0.25) is 0 Å². The monoisotopic (exact) mass is 788 g/mol. The van der Waals surface area contributed by atoms with E-state index in [4.69, 9.17) is 0 Å². The largest absolute Gasteiger partial charge is 0.309 e. The van der Waals surface area contributed by atoms with Crippen molar-refractivity contribution in [2.45, 2.75) is 0 Å². The van der Waals surface area contributed by atoms with Gasteiger partial charge in [-0.05, 0) is 81.4 Å². The molecule has 0 bridgehead atoms. The molecule has 0 unspecified atom stereocenters. The van der Waals surface area contributed by atoms with Crippen molar-refractivity contribution in [1.82, 2.24) is 9.13 Å². The third-order valence-corrected chi connectivity index (χ3v) is 12.5. The molecule has 2 nitrogen and oxygen atoms in total. The quantitative estimate of drug-likeness (QED) is 0.152. The van der Waals surface area contributed by atoms with E-state index in [2.05, 4.69) is 252 Å². The molecule has 0 spiro atoms. The third kappa shape index (κ3) is 5.73. The van der Waals surface area contributed by atoms with Crippen LogP contribution in [0.15, 0.2) is 243 Å². The summed E-state index contributed by atoms with van der Waals surface area (Å²) in [7, 11) is 0. The summed E-state index contributed by atoms with van der Waals surface area (Å²) in [4.78, 5) is 0. The lowest BCUT2D eigenvalue weighted by Gasteiger charge is -2.24. The van der Waals surface area contributed by atoms with Crippen LogP contribution in [0.4, 0.5) is 0 Å². The Hall–Kier alpha value is -8.20. The molecule has 12 aromatic rings. The van der Waals surface area contributed by atoms with Crippen LogP contribution in [0.5, 0.6) is 0 Å². The molecule has 2 aromatic heterocycles. The Balaban J connectivity index is 1.19. The van der Waals surface area contributed by atoms with Crippen molar-refractivity contribution < 1.29 is 0 Å². The highest BCUT2D eigenvalue weighted by Crippen LogP contribution is 2.54. The molecular weight excluding hydrogens is 749 g/mol. The normalized spacial score (nSPS) is 11.5. The van der Waals surface area contributed by atoms with E-state index < -0.39 is 0 Å². The van der Waals surface area contributed by atoms with Crippen molar-refractivity contribution in [1.29, 1.82) is 0 Å². The second kappa shape index (κ2) is 14.8. The maximum absolute atomic E-state index is 2.53. The van der Waals surface area contributed by atoms with Gasteiger partial charge >= 0.3 is 0 Å². The molecule has 290 valence electrons. The highest BCUT2D eigenvalue weighted by Gasteiger charge is 2.29. The summed E-state index contributed by atoms with van der Waals surface area (Å²) in [6.07, 6.45) is 0. The van der Waals surface area contributed by atoms with Gasteiger partial charge < -0.3 is 9.13 Å². The average Bonchev–Trinajstić information content (AvgIpc) is 3.88. The first-order valence-electron chi connectivity index (χ1n) is 21.4. The molecule has 12 rings (SSSR count). The van der Waals surface area contributed by atoms with Crippen LogP contribution in [0.1, 0.15) is 0 Å². The molecule has 0 saturated heterocycles. The minimum atomic E-state index is 1.11. The van der Waals surface area contributed by atoms with E-state index in [0.29, 0.717) is 0 Å². The predicted molar refractivity (Wildman–Crippen MR) is 262 cm³/mol. The Labute approximate surface area is 360 Å². The van der Waals surface area contributed by atoms with Gasteiger partial charge in [0, 0.05) is 49.6 Å². The molecule has 2 heteroatoms. The number of rotatable bonds is 7. The topological polar surface area (TPSA) is 9.86 Å². The molecule has 0 saturated carbocycles. The summed E-state index contributed by atoms with van der Waals surface area (Å²) >= 11 is 0. The molecule has 10 aromatic carbocycles. The molecule has 2 heterocycles. The molecule has 0 atom stereocenters. The van der Waals surface area contributed by atoms with Crippen LogP contribution < -0.4 is 0 Å². The predicted octanol–water partition coefficient (Wildman–Crippen LogP) is 16.2. The molecule has 62 heavy (non-hydrogen) atoms. The first-order chi connectivity index (χ1) is 30.8. The number of hydrogen-bond acceptors (Lipinski definition) is 0. The van der Waals surface area contributed by atoms with E-state index in [1.807, 2.05) is 0 Å². The van der Waals surface area contributed by atoms with Crippen molar-refractivity contribution in [3.63, 3.8) is 0 Å². The number of benzene rings is 10. The summed E-state index contributed by atoms with van der Waals surface area (Å²) in [5.74, 6) is 0. The van der Waals surface area contributed by atoms with Gasteiger partial charge in [-0.25, -0.2) is 0 Å². The van der Waals surface area contributed by atoms with E-state index in [1.54, 1.807) is 0 Å². The SMILES string of the molecule is c1ccc(-c2c(-c3ccccc3)c(-c3ccccc3)c3c(c2-c2ccccc2)c2ccccc2n3-c2cccc(-c3cccc(-n4c5ccccc5c5ccccc54)c3)c2)cc1. The van der Waals surface area contributed by atoms with Crippen LogP contribution in [0.3, 0.4) is 0 Å².